The van der Waals surface area contributed by atoms with Gasteiger partial charge < -0.3 is 10.6 Å². The van der Waals surface area contributed by atoms with E-state index in [1.54, 1.807) is 23.1 Å². The molecule has 8 heteroatoms. The summed E-state index contributed by atoms with van der Waals surface area (Å²) in [5.74, 6) is 1.07. The van der Waals surface area contributed by atoms with Crippen LogP contribution in [0.2, 0.25) is 0 Å². The maximum absolute atomic E-state index is 5.43. The van der Waals surface area contributed by atoms with Crippen LogP contribution in [0.5, 0.6) is 0 Å². The van der Waals surface area contributed by atoms with Gasteiger partial charge in [0.05, 0.1) is 0 Å². The van der Waals surface area contributed by atoms with E-state index in [-0.39, 0.29) is 50.9 Å². The Kier molecular flexibility index (Phi) is 19.0. The summed E-state index contributed by atoms with van der Waals surface area (Å²) in [6.45, 7) is 1.70. The Hall–Kier alpha value is 1.34. The summed E-state index contributed by atoms with van der Waals surface area (Å²) in [4.78, 5) is 6.65. The number of hydrogen-bond donors (Lipinski definition) is 1. The number of aromatic nitrogens is 1. The van der Waals surface area contributed by atoms with Crippen molar-refractivity contribution in [2.75, 3.05) is 26.4 Å². The van der Waals surface area contributed by atoms with Crippen LogP contribution in [0.25, 0.3) is 0 Å². The Balaban J connectivity index is -0.000000653. The zero-order valence-electron chi connectivity index (χ0n) is 9.92. The molecule has 2 N–H and O–H groups in total. The molecule has 0 aliphatic heterocycles. The van der Waals surface area contributed by atoms with E-state index < -0.39 is 0 Å². The normalized spacial score (nSPS) is 9.18. The molecular weight excluding hydrogens is 454 g/mol. The Morgan fingerprint density at radius 3 is 2.53 bits per heavy atom. The van der Waals surface area contributed by atoms with Crippen molar-refractivity contribution in [2.45, 2.75) is 18.0 Å². The molecule has 104 valence electrons. The summed E-state index contributed by atoms with van der Waals surface area (Å²) in [6, 6.07) is 0. The third kappa shape index (κ3) is 10.9. The second-order valence-corrected chi connectivity index (χ2v) is 5.37. The van der Waals surface area contributed by atoms with Gasteiger partial charge in [0.2, 0.25) is 0 Å². The molecular formula is C9H20Br3N3S2. The molecule has 0 saturated carbocycles. The predicted molar refractivity (Wildman–Crippen MR) is 94.9 cm³/mol. The third-order valence-electron chi connectivity index (χ3n) is 1.58. The van der Waals surface area contributed by atoms with Gasteiger partial charge in [0.25, 0.3) is 0 Å². The first-order valence-corrected chi connectivity index (χ1v) is 6.51. The predicted octanol–water partition coefficient (Wildman–Crippen LogP) is 3.38. The first-order valence-electron chi connectivity index (χ1n) is 4.64. The van der Waals surface area contributed by atoms with Gasteiger partial charge >= 0.3 is 0 Å². The fourth-order valence-electron chi connectivity index (χ4n) is 0.964. The summed E-state index contributed by atoms with van der Waals surface area (Å²) in [5.41, 5.74) is 5.43. The highest BCUT2D eigenvalue weighted by Crippen LogP contribution is 2.21. The molecule has 0 radical (unpaired) electrons. The van der Waals surface area contributed by atoms with Crippen molar-refractivity contribution in [1.29, 1.82) is 0 Å². The average Bonchev–Trinajstić information content (AvgIpc) is 2.52. The Morgan fingerprint density at radius 2 is 2.00 bits per heavy atom. The van der Waals surface area contributed by atoms with Crippen LogP contribution < -0.4 is 5.73 Å². The molecule has 0 aliphatic rings. The molecule has 0 spiro atoms. The second kappa shape index (κ2) is 13.8. The number of nitrogens with two attached hydrogens (primary N) is 1. The van der Waals surface area contributed by atoms with Crippen molar-refractivity contribution in [3.63, 3.8) is 0 Å². The largest absolute Gasteiger partial charge is 0.330 e. The van der Waals surface area contributed by atoms with E-state index in [0.717, 1.165) is 30.3 Å². The number of thioether (sulfide) groups is 1. The molecule has 0 unspecified atom stereocenters. The van der Waals surface area contributed by atoms with Crippen LogP contribution in [0.1, 0.15) is 11.4 Å². The number of thiazole rings is 1. The zero-order valence-corrected chi connectivity index (χ0v) is 16.7. The van der Waals surface area contributed by atoms with E-state index >= 15 is 0 Å². The summed E-state index contributed by atoms with van der Waals surface area (Å²) in [6.07, 6.45) is 1.06. The lowest BCUT2D eigenvalue weighted by Gasteiger charge is -2.04. The van der Waals surface area contributed by atoms with E-state index in [1.165, 1.54) is 5.01 Å². The fourth-order valence-corrected chi connectivity index (χ4v) is 2.91. The minimum Gasteiger partial charge on any atom is -0.330 e. The first-order chi connectivity index (χ1) is 6.72. The minimum atomic E-state index is 0. The first kappa shape index (κ1) is 23.4. The van der Waals surface area contributed by atoms with Crippen molar-refractivity contribution in [3.8, 4) is 0 Å². The lowest BCUT2D eigenvalue weighted by Crippen LogP contribution is -2.10. The van der Waals surface area contributed by atoms with Crippen LogP contribution in [0, 0.1) is 0 Å². The summed E-state index contributed by atoms with van der Waals surface area (Å²) >= 11 is 3.52. The highest BCUT2D eigenvalue weighted by molar-refractivity contribution is 8.93. The van der Waals surface area contributed by atoms with E-state index in [4.69, 9.17) is 5.73 Å². The second-order valence-electron chi connectivity index (χ2n) is 3.31. The summed E-state index contributed by atoms with van der Waals surface area (Å²) in [7, 11) is 4.12. The highest BCUT2D eigenvalue weighted by Gasteiger charge is 2.02. The molecule has 1 aromatic rings. The molecule has 0 aromatic carbocycles. The van der Waals surface area contributed by atoms with Gasteiger partial charge in [0, 0.05) is 17.7 Å². The lowest BCUT2D eigenvalue weighted by molar-refractivity contribution is 0.401. The van der Waals surface area contributed by atoms with E-state index in [1.807, 2.05) is 0 Å². The maximum atomic E-state index is 5.43. The minimum absolute atomic E-state index is 0. The smallest absolute Gasteiger partial charge is 0.108 e. The van der Waals surface area contributed by atoms with Gasteiger partial charge in [-0.2, -0.15) is 0 Å². The van der Waals surface area contributed by atoms with Crippen LogP contribution in [0.15, 0.2) is 10.4 Å². The lowest BCUT2D eigenvalue weighted by atomic mass is 10.5. The van der Waals surface area contributed by atoms with Gasteiger partial charge in [0.1, 0.15) is 10.0 Å². The van der Waals surface area contributed by atoms with Gasteiger partial charge in [-0.25, -0.2) is 4.98 Å². The van der Waals surface area contributed by atoms with Crippen LogP contribution in [0.3, 0.4) is 0 Å². The molecule has 0 bridgehead atoms. The number of nitrogens with zero attached hydrogens (tertiary/aromatic N) is 2. The van der Waals surface area contributed by atoms with Gasteiger partial charge in [0.15, 0.2) is 0 Å². The van der Waals surface area contributed by atoms with Crippen molar-refractivity contribution in [3.05, 3.63) is 10.4 Å². The molecule has 0 aliphatic carbocycles. The highest BCUT2D eigenvalue weighted by atomic mass is 79.9. The molecule has 0 saturated heterocycles. The van der Waals surface area contributed by atoms with Crippen LogP contribution in [-0.2, 0) is 6.54 Å². The van der Waals surface area contributed by atoms with Crippen LogP contribution in [-0.4, -0.2) is 36.3 Å². The monoisotopic (exact) mass is 471 g/mol. The topological polar surface area (TPSA) is 42.2 Å². The molecule has 0 amide bonds. The van der Waals surface area contributed by atoms with Gasteiger partial charge in [-0.3, -0.25) is 0 Å². The summed E-state index contributed by atoms with van der Waals surface area (Å²) < 4.78 is 0. The Morgan fingerprint density at radius 1 is 1.35 bits per heavy atom. The molecule has 1 rings (SSSR count). The molecule has 1 aromatic heterocycles. The Bertz CT molecular complexity index is 272. The molecule has 3 nitrogen and oxygen atoms in total. The van der Waals surface area contributed by atoms with Crippen LogP contribution >= 0.6 is 74.0 Å². The Labute approximate surface area is 143 Å². The fraction of sp³-hybridized carbons (Fsp3) is 0.667. The van der Waals surface area contributed by atoms with Gasteiger partial charge in [-0.1, -0.05) is 0 Å². The van der Waals surface area contributed by atoms with E-state index in [0.29, 0.717) is 0 Å². The average molecular weight is 474 g/mol. The molecule has 0 atom stereocenters. The van der Waals surface area contributed by atoms with E-state index in [2.05, 4.69) is 29.4 Å². The zero-order chi connectivity index (χ0) is 10.4. The van der Waals surface area contributed by atoms with E-state index in [9.17, 15) is 0 Å². The third-order valence-corrected chi connectivity index (χ3v) is 3.56. The molecule has 1 heterocycles. The van der Waals surface area contributed by atoms with Gasteiger partial charge in [-0.05, 0) is 27.1 Å². The van der Waals surface area contributed by atoms with Gasteiger partial charge in [-0.15, -0.1) is 74.0 Å². The number of rotatable bonds is 6. The number of halogens is 3. The SMILES string of the molecule is Br.Br.Br.CN(C)Cc1nc(SCCCN)cs1. The standard InChI is InChI=1S/C9H17N3S2.3BrH/c1-12(2)6-8-11-9(7-14-8)13-5-3-4-10;;;/h7H,3-6,10H2,1-2H3;3*1H. The molecule has 17 heavy (non-hydrogen) atoms. The van der Waals surface area contributed by atoms with Crippen molar-refractivity contribution in [2.24, 2.45) is 5.73 Å². The van der Waals surface area contributed by atoms with Crippen molar-refractivity contribution >= 4 is 74.0 Å². The summed E-state index contributed by atoms with van der Waals surface area (Å²) in [5, 5.41) is 4.45. The maximum Gasteiger partial charge on any atom is 0.108 e. The van der Waals surface area contributed by atoms with Crippen molar-refractivity contribution in [1.82, 2.24) is 9.88 Å². The van der Waals surface area contributed by atoms with Crippen molar-refractivity contribution < 1.29 is 0 Å². The number of hydrogen-bond acceptors (Lipinski definition) is 5. The quantitative estimate of drug-likeness (QED) is 0.508. The molecule has 0 fully saturated rings. The van der Waals surface area contributed by atoms with Crippen LogP contribution in [0.4, 0.5) is 0 Å².